The van der Waals surface area contributed by atoms with Gasteiger partial charge in [0, 0.05) is 6.04 Å². The zero-order valence-electron chi connectivity index (χ0n) is 9.00. The van der Waals surface area contributed by atoms with E-state index in [2.05, 4.69) is 18.9 Å². The molecule has 0 amide bonds. The number of nitrogens with zero attached hydrogens (tertiary/aromatic N) is 1. The van der Waals surface area contributed by atoms with Crippen molar-refractivity contribution in [2.24, 2.45) is 5.73 Å². The molecule has 0 aliphatic carbocycles. The van der Waals surface area contributed by atoms with Gasteiger partial charge in [0.25, 0.3) is 0 Å². The molecule has 0 bridgehead atoms. The molecule has 1 atom stereocenters. The van der Waals surface area contributed by atoms with Crippen molar-refractivity contribution in [3.63, 3.8) is 0 Å². The monoisotopic (exact) mass is 188 g/mol. The molecule has 0 fully saturated rings. The average Bonchev–Trinajstić information content (AvgIpc) is 2.14. The molecule has 0 aromatic rings. The summed E-state index contributed by atoms with van der Waals surface area (Å²) in [5.41, 5.74) is 5.46. The number of unbranched alkanes of at least 4 members (excludes halogenated alkanes) is 2. The van der Waals surface area contributed by atoms with Crippen LogP contribution in [0.5, 0.6) is 0 Å². The molecule has 3 N–H and O–H groups in total. The van der Waals surface area contributed by atoms with Gasteiger partial charge in [-0.25, -0.2) is 0 Å². The summed E-state index contributed by atoms with van der Waals surface area (Å²) in [6, 6.07) is 0.252. The Labute approximate surface area is 81.9 Å². The molecule has 0 heterocycles. The minimum atomic E-state index is 0.222. The van der Waals surface area contributed by atoms with Gasteiger partial charge in [-0.15, -0.1) is 0 Å². The zero-order chi connectivity index (χ0) is 10.1. The van der Waals surface area contributed by atoms with E-state index in [0.717, 1.165) is 13.0 Å². The van der Waals surface area contributed by atoms with Gasteiger partial charge in [-0.3, -0.25) is 0 Å². The van der Waals surface area contributed by atoms with Crippen LogP contribution in [0, 0.1) is 0 Å². The Kier molecular flexibility index (Phi) is 8.40. The molecule has 0 saturated heterocycles. The summed E-state index contributed by atoms with van der Waals surface area (Å²) in [5.74, 6) is 0. The Morgan fingerprint density at radius 3 is 2.54 bits per heavy atom. The number of likely N-dealkylation sites (N-methyl/N-ethyl adjacent to an activating group) is 1. The van der Waals surface area contributed by atoms with Crippen LogP contribution in [0.25, 0.3) is 0 Å². The lowest BCUT2D eigenvalue weighted by molar-refractivity contribution is 0.140. The summed E-state index contributed by atoms with van der Waals surface area (Å²) < 4.78 is 0. The molecule has 0 radical (unpaired) electrons. The third kappa shape index (κ3) is 6.02. The van der Waals surface area contributed by atoms with E-state index < -0.39 is 0 Å². The predicted octanol–water partition coefficient (Wildman–Crippen LogP) is 0.818. The van der Waals surface area contributed by atoms with Gasteiger partial charge in [0.15, 0.2) is 0 Å². The zero-order valence-corrected chi connectivity index (χ0v) is 9.00. The fourth-order valence-corrected chi connectivity index (χ4v) is 1.44. The van der Waals surface area contributed by atoms with Gasteiger partial charge in [-0.05, 0) is 33.0 Å². The maximum absolute atomic E-state index is 9.09. The van der Waals surface area contributed by atoms with Crippen LogP contribution in [0.1, 0.15) is 32.6 Å². The smallest absolute Gasteiger partial charge is 0.0587 e. The van der Waals surface area contributed by atoms with Crippen molar-refractivity contribution in [3.8, 4) is 0 Å². The number of rotatable bonds is 8. The van der Waals surface area contributed by atoms with E-state index in [1.54, 1.807) is 0 Å². The van der Waals surface area contributed by atoms with E-state index >= 15 is 0 Å². The molecule has 0 aliphatic heterocycles. The van der Waals surface area contributed by atoms with Crippen LogP contribution in [-0.2, 0) is 0 Å². The van der Waals surface area contributed by atoms with Crippen LogP contribution in [-0.4, -0.2) is 42.8 Å². The third-order valence-corrected chi connectivity index (χ3v) is 2.45. The van der Waals surface area contributed by atoms with Crippen molar-refractivity contribution in [1.29, 1.82) is 0 Å². The minimum Gasteiger partial charge on any atom is -0.395 e. The Morgan fingerprint density at radius 2 is 2.08 bits per heavy atom. The van der Waals surface area contributed by atoms with Gasteiger partial charge in [-0.2, -0.15) is 0 Å². The Morgan fingerprint density at radius 1 is 1.38 bits per heavy atom. The molecule has 0 aromatic heterocycles. The second kappa shape index (κ2) is 8.48. The topological polar surface area (TPSA) is 49.5 Å². The largest absolute Gasteiger partial charge is 0.395 e. The first kappa shape index (κ1) is 12.9. The van der Waals surface area contributed by atoms with Gasteiger partial charge in [0.1, 0.15) is 0 Å². The molecule has 0 spiro atoms. The molecule has 0 aliphatic rings. The highest BCUT2D eigenvalue weighted by Gasteiger charge is 2.11. The number of nitrogens with two attached hydrogens (primary N) is 1. The molecular weight excluding hydrogens is 164 g/mol. The molecule has 0 aromatic carbocycles. The maximum Gasteiger partial charge on any atom is 0.0587 e. The van der Waals surface area contributed by atoms with Gasteiger partial charge in [0.05, 0.1) is 6.61 Å². The van der Waals surface area contributed by atoms with Crippen LogP contribution in [0.2, 0.25) is 0 Å². The molecular formula is C10H24N2O. The van der Waals surface area contributed by atoms with Crippen LogP contribution < -0.4 is 5.73 Å². The van der Waals surface area contributed by atoms with Gasteiger partial charge in [-0.1, -0.05) is 19.8 Å². The normalized spacial score (nSPS) is 13.6. The summed E-state index contributed by atoms with van der Waals surface area (Å²) in [5, 5.41) is 9.09. The van der Waals surface area contributed by atoms with Gasteiger partial charge >= 0.3 is 0 Å². The Balaban J connectivity index is 3.57. The first-order valence-electron chi connectivity index (χ1n) is 5.27. The van der Waals surface area contributed by atoms with Crippen LogP contribution in [0.3, 0.4) is 0 Å². The fourth-order valence-electron chi connectivity index (χ4n) is 1.44. The van der Waals surface area contributed by atoms with Crippen molar-refractivity contribution < 1.29 is 5.11 Å². The standard InChI is InChI=1S/C10H24N2O/c1-3-4-5-8-12(2)10(9-13)6-7-11/h10,13H,3-9,11H2,1-2H3. The molecule has 0 rings (SSSR count). The summed E-state index contributed by atoms with van der Waals surface area (Å²) in [6.45, 7) is 4.14. The van der Waals surface area contributed by atoms with Crippen molar-refractivity contribution in [3.05, 3.63) is 0 Å². The predicted molar refractivity (Wildman–Crippen MR) is 56.7 cm³/mol. The Hall–Kier alpha value is -0.120. The second-order valence-electron chi connectivity index (χ2n) is 3.60. The molecule has 1 unspecified atom stereocenters. The van der Waals surface area contributed by atoms with E-state index in [1.807, 2.05) is 0 Å². The number of hydrogen-bond acceptors (Lipinski definition) is 3. The maximum atomic E-state index is 9.09. The second-order valence-corrected chi connectivity index (χ2v) is 3.60. The summed E-state index contributed by atoms with van der Waals surface area (Å²) >= 11 is 0. The summed E-state index contributed by atoms with van der Waals surface area (Å²) in [7, 11) is 2.06. The highest BCUT2D eigenvalue weighted by Crippen LogP contribution is 2.03. The number of hydrogen-bond donors (Lipinski definition) is 2. The number of aliphatic hydroxyl groups excluding tert-OH is 1. The molecule has 0 saturated carbocycles. The molecule has 3 nitrogen and oxygen atoms in total. The van der Waals surface area contributed by atoms with Crippen molar-refractivity contribution >= 4 is 0 Å². The van der Waals surface area contributed by atoms with E-state index in [0.29, 0.717) is 6.54 Å². The summed E-state index contributed by atoms with van der Waals surface area (Å²) in [4.78, 5) is 2.21. The SMILES string of the molecule is CCCCCN(C)C(CO)CCN. The van der Waals surface area contributed by atoms with E-state index in [4.69, 9.17) is 10.8 Å². The van der Waals surface area contributed by atoms with Crippen LogP contribution in [0.15, 0.2) is 0 Å². The first-order valence-corrected chi connectivity index (χ1v) is 5.27. The van der Waals surface area contributed by atoms with Crippen molar-refractivity contribution in [2.45, 2.75) is 38.6 Å². The number of aliphatic hydroxyl groups is 1. The highest BCUT2D eigenvalue weighted by atomic mass is 16.3. The van der Waals surface area contributed by atoms with Crippen LogP contribution in [0.4, 0.5) is 0 Å². The van der Waals surface area contributed by atoms with E-state index in [-0.39, 0.29) is 12.6 Å². The molecule has 80 valence electrons. The third-order valence-electron chi connectivity index (χ3n) is 2.45. The van der Waals surface area contributed by atoms with Crippen molar-refractivity contribution in [2.75, 3.05) is 26.7 Å². The lowest BCUT2D eigenvalue weighted by Gasteiger charge is -2.25. The van der Waals surface area contributed by atoms with Crippen LogP contribution >= 0.6 is 0 Å². The van der Waals surface area contributed by atoms with E-state index in [9.17, 15) is 0 Å². The molecule has 3 heteroatoms. The summed E-state index contributed by atoms with van der Waals surface area (Å²) in [6.07, 6.45) is 4.62. The lowest BCUT2D eigenvalue weighted by Crippen LogP contribution is -2.37. The van der Waals surface area contributed by atoms with Crippen molar-refractivity contribution in [1.82, 2.24) is 4.90 Å². The molecule has 13 heavy (non-hydrogen) atoms. The van der Waals surface area contributed by atoms with Gasteiger partial charge in [0.2, 0.25) is 0 Å². The minimum absolute atomic E-state index is 0.222. The quantitative estimate of drug-likeness (QED) is 0.554. The van der Waals surface area contributed by atoms with E-state index in [1.165, 1.54) is 19.3 Å². The lowest BCUT2D eigenvalue weighted by atomic mass is 10.1. The first-order chi connectivity index (χ1) is 6.26. The Bertz CT molecular complexity index is 109. The average molecular weight is 188 g/mol. The fraction of sp³-hybridized carbons (Fsp3) is 1.00. The highest BCUT2D eigenvalue weighted by molar-refractivity contribution is 4.67. The van der Waals surface area contributed by atoms with Gasteiger partial charge < -0.3 is 15.7 Å².